The molecule has 1 heterocycles. The monoisotopic (exact) mass is 358 g/mol. The first-order valence-corrected chi connectivity index (χ1v) is 8.39. The lowest BCUT2D eigenvalue weighted by atomic mass is 10.0. The van der Waals surface area contributed by atoms with E-state index in [0.717, 1.165) is 12.0 Å². The number of benzene rings is 2. The third-order valence-electron chi connectivity index (χ3n) is 3.89. The summed E-state index contributed by atoms with van der Waals surface area (Å²) in [5, 5.41) is 3.76. The van der Waals surface area contributed by atoms with Gasteiger partial charge in [-0.1, -0.05) is 53.5 Å². The Bertz CT molecular complexity index is 856. The molecule has 0 atom stereocenters. The van der Waals surface area contributed by atoms with Crippen molar-refractivity contribution in [2.75, 3.05) is 0 Å². The molecule has 0 aromatic heterocycles. The maximum absolute atomic E-state index is 12.1. The van der Waals surface area contributed by atoms with Crippen molar-refractivity contribution in [1.82, 2.24) is 5.32 Å². The molecule has 24 heavy (non-hydrogen) atoms. The van der Waals surface area contributed by atoms with Crippen LogP contribution in [0.3, 0.4) is 0 Å². The molecule has 0 spiro atoms. The van der Waals surface area contributed by atoms with Gasteiger partial charge < -0.3 is 5.32 Å². The van der Waals surface area contributed by atoms with Gasteiger partial charge in [-0.25, -0.2) is 4.99 Å². The first kappa shape index (κ1) is 16.7. The Labute approximate surface area is 151 Å². The van der Waals surface area contributed by atoms with Gasteiger partial charge in [0, 0.05) is 6.42 Å². The number of aliphatic imine (C=N–C) groups is 1. The Morgan fingerprint density at radius 2 is 1.88 bits per heavy atom. The van der Waals surface area contributed by atoms with Crippen LogP contribution in [0.5, 0.6) is 0 Å². The molecular weight excluding hydrogens is 343 g/mol. The van der Waals surface area contributed by atoms with Gasteiger partial charge in [-0.15, -0.1) is 0 Å². The van der Waals surface area contributed by atoms with Gasteiger partial charge in [-0.3, -0.25) is 4.79 Å². The number of rotatable bonds is 4. The highest BCUT2D eigenvalue weighted by Crippen LogP contribution is 2.24. The number of amidine groups is 1. The zero-order valence-electron chi connectivity index (χ0n) is 13.1. The maximum atomic E-state index is 12.1. The summed E-state index contributed by atoms with van der Waals surface area (Å²) in [7, 11) is 0. The second-order valence-electron chi connectivity index (χ2n) is 5.64. The van der Waals surface area contributed by atoms with E-state index in [0.29, 0.717) is 28.0 Å². The summed E-state index contributed by atoms with van der Waals surface area (Å²) in [5.41, 5.74) is 3.68. The first-order valence-electron chi connectivity index (χ1n) is 7.63. The van der Waals surface area contributed by atoms with Gasteiger partial charge in [-0.2, -0.15) is 0 Å². The number of hydrogen-bond donors (Lipinski definition) is 1. The minimum atomic E-state index is -0.194. The van der Waals surface area contributed by atoms with Crippen LogP contribution in [0, 0.1) is 6.92 Å². The second kappa shape index (κ2) is 7.20. The quantitative estimate of drug-likeness (QED) is 0.783. The lowest BCUT2D eigenvalue weighted by Crippen LogP contribution is -2.24. The molecule has 0 bridgehead atoms. The molecule has 0 saturated carbocycles. The topological polar surface area (TPSA) is 41.5 Å². The fourth-order valence-corrected chi connectivity index (χ4v) is 2.85. The lowest BCUT2D eigenvalue weighted by Gasteiger charge is -2.04. The van der Waals surface area contributed by atoms with Crippen LogP contribution in [-0.4, -0.2) is 11.7 Å². The van der Waals surface area contributed by atoms with Crippen molar-refractivity contribution < 1.29 is 4.79 Å². The number of aryl methyl sites for hydroxylation is 2. The van der Waals surface area contributed by atoms with Crippen molar-refractivity contribution in [2.45, 2.75) is 19.8 Å². The SMILES string of the molecule is Cc1ccccc1CCC1=N/C(=C/c2ccc(Cl)c(Cl)c2)C(=O)N1. The molecule has 1 aliphatic rings. The van der Waals surface area contributed by atoms with Crippen LogP contribution >= 0.6 is 23.2 Å². The summed E-state index contributed by atoms with van der Waals surface area (Å²) < 4.78 is 0. The fourth-order valence-electron chi connectivity index (χ4n) is 2.54. The summed E-state index contributed by atoms with van der Waals surface area (Å²) in [4.78, 5) is 16.5. The normalized spacial score (nSPS) is 15.5. The van der Waals surface area contributed by atoms with Crippen LogP contribution in [0.4, 0.5) is 0 Å². The number of carbonyl (C=O) groups excluding carboxylic acids is 1. The van der Waals surface area contributed by atoms with E-state index in [9.17, 15) is 4.79 Å². The second-order valence-corrected chi connectivity index (χ2v) is 6.46. The van der Waals surface area contributed by atoms with Crippen molar-refractivity contribution in [2.24, 2.45) is 4.99 Å². The molecule has 3 nitrogen and oxygen atoms in total. The minimum absolute atomic E-state index is 0.194. The number of nitrogens with one attached hydrogen (secondary N) is 1. The van der Waals surface area contributed by atoms with Crippen molar-refractivity contribution in [3.05, 3.63) is 74.9 Å². The van der Waals surface area contributed by atoms with Gasteiger partial charge in [0.05, 0.1) is 10.0 Å². The summed E-state index contributed by atoms with van der Waals surface area (Å²) in [6.45, 7) is 2.08. The Balaban J connectivity index is 1.74. The number of carbonyl (C=O) groups is 1. The predicted molar refractivity (Wildman–Crippen MR) is 99.5 cm³/mol. The van der Waals surface area contributed by atoms with E-state index in [4.69, 9.17) is 23.2 Å². The molecule has 0 radical (unpaired) electrons. The van der Waals surface area contributed by atoms with Crippen LogP contribution < -0.4 is 5.32 Å². The average Bonchev–Trinajstić information content (AvgIpc) is 2.90. The zero-order chi connectivity index (χ0) is 17.1. The van der Waals surface area contributed by atoms with Crippen molar-refractivity contribution >= 4 is 41.0 Å². The molecule has 3 rings (SSSR count). The molecule has 1 amide bonds. The molecule has 5 heteroatoms. The van der Waals surface area contributed by atoms with Gasteiger partial charge in [-0.05, 0) is 48.2 Å². The number of amides is 1. The molecule has 0 saturated heterocycles. The van der Waals surface area contributed by atoms with Crippen LogP contribution in [0.25, 0.3) is 6.08 Å². The molecule has 122 valence electrons. The van der Waals surface area contributed by atoms with Crippen molar-refractivity contribution in [3.63, 3.8) is 0 Å². The highest BCUT2D eigenvalue weighted by Gasteiger charge is 2.19. The Morgan fingerprint density at radius 3 is 2.62 bits per heavy atom. The zero-order valence-corrected chi connectivity index (χ0v) is 14.7. The molecule has 1 aliphatic heterocycles. The molecular formula is C19H16Cl2N2O. The number of hydrogen-bond acceptors (Lipinski definition) is 2. The van der Waals surface area contributed by atoms with E-state index in [2.05, 4.69) is 29.4 Å². The highest BCUT2D eigenvalue weighted by molar-refractivity contribution is 6.42. The molecule has 2 aromatic rings. The van der Waals surface area contributed by atoms with E-state index in [-0.39, 0.29) is 5.91 Å². The van der Waals surface area contributed by atoms with Gasteiger partial charge in [0.15, 0.2) is 0 Å². The smallest absolute Gasteiger partial charge is 0.275 e. The van der Waals surface area contributed by atoms with Crippen LogP contribution in [0.2, 0.25) is 10.0 Å². The van der Waals surface area contributed by atoms with E-state index in [1.54, 1.807) is 24.3 Å². The average molecular weight is 359 g/mol. The Morgan fingerprint density at radius 1 is 1.08 bits per heavy atom. The van der Waals surface area contributed by atoms with Crippen molar-refractivity contribution in [1.29, 1.82) is 0 Å². The van der Waals surface area contributed by atoms with Gasteiger partial charge in [0.25, 0.3) is 5.91 Å². The Hall–Kier alpha value is -2.10. The molecule has 1 N–H and O–H groups in total. The highest BCUT2D eigenvalue weighted by atomic mass is 35.5. The van der Waals surface area contributed by atoms with Crippen molar-refractivity contribution in [3.8, 4) is 0 Å². The third kappa shape index (κ3) is 3.86. The summed E-state index contributed by atoms with van der Waals surface area (Å²) in [6, 6.07) is 13.4. The van der Waals surface area contributed by atoms with Gasteiger partial charge in [0.1, 0.15) is 11.5 Å². The Kier molecular flexibility index (Phi) is 5.03. The molecule has 0 fully saturated rings. The maximum Gasteiger partial charge on any atom is 0.275 e. The molecule has 0 unspecified atom stereocenters. The standard InChI is InChI=1S/C19H16Cl2N2O/c1-12-4-2-3-5-14(12)7-9-18-22-17(19(24)23-18)11-13-6-8-15(20)16(21)10-13/h2-6,8,10-11H,7,9H2,1H3,(H,22,23,24)/b17-11+. The minimum Gasteiger partial charge on any atom is -0.309 e. The van der Waals surface area contributed by atoms with E-state index in [1.807, 2.05) is 12.1 Å². The van der Waals surface area contributed by atoms with Crippen LogP contribution in [-0.2, 0) is 11.2 Å². The third-order valence-corrected chi connectivity index (χ3v) is 4.62. The van der Waals surface area contributed by atoms with Gasteiger partial charge in [0.2, 0.25) is 0 Å². The molecule has 0 aliphatic carbocycles. The first-order chi connectivity index (χ1) is 11.5. The largest absolute Gasteiger partial charge is 0.309 e. The van der Waals surface area contributed by atoms with E-state index >= 15 is 0 Å². The lowest BCUT2D eigenvalue weighted by molar-refractivity contribution is -0.115. The fraction of sp³-hybridized carbons (Fsp3) is 0.158. The van der Waals surface area contributed by atoms with E-state index < -0.39 is 0 Å². The summed E-state index contributed by atoms with van der Waals surface area (Å²) in [6.07, 6.45) is 3.24. The number of nitrogens with zero attached hydrogens (tertiary/aromatic N) is 1. The van der Waals surface area contributed by atoms with Gasteiger partial charge >= 0.3 is 0 Å². The van der Waals surface area contributed by atoms with E-state index in [1.165, 1.54) is 11.1 Å². The number of halogens is 2. The predicted octanol–water partition coefficient (Wildman–Crippen LogP) is 4.80. The summed E-state index contributed by atoms with van der Waals surface area (Å²) >= 11 is 11.9. The molecule has 2 aromatic carbocycles. The van der Waals surface area contributed by atoms with Crippen LogP contribution in [0.1, 0.15) is 23.1 Å². The van der Waals surface area contributed by atoms with Crippen LogP contribution in [0.15, 0.2) is 53.2 Å². The summed E-state index contributed by atoms with van der Waals surface area (Å²) in [5.74, 6) is 0.496.